The molecular formula is C15H30. The topological polar surface area (TPSA) is 0 Å². The third-order valence-corrected chi connectivity index (χ3v) is 3.94. The van der Waals surface area contributed by atoms with E-state index in [1.807, 2.05) is 0 Å². The molecule has 0 aromatic rings. The molecule has 1 aliphatic carbocycles. The van der Waals surface area contributed by atoms with Crippen LogP contribution in [0.4, 0.5) is 0 Å². The molecule has 0 unspecified atom stereocenters. The van der Waals surface area contributed by atoms with E-state index in [4.69, 9.17) is 0 Å². The van der Waals surface area contributed by atoms with Gasteiger partial charge in [-0.05, 0) is 5.92 Å². The van der Waals surface area contributed by atoms with E-state index in [-0.39, 0.29) is 0 Å². The highest BCUT2D eigenvalue weighted by molar-refractivity contribution is 4.68. The lowest BCUT2D eigenvalue weighted by molar-refractivity contribution is 0.286. The first kappa shape index (κ1) is 13.1. The van der Waals surface area contributed by atoms with Crippen LogP contribution in [0.3, 0.4) is 0 Å². The van der Waals surface area contributed by atoms with Gasteiger partial charge in [-0.1, -0.05) is 90.4 Å². The van der Waals surface area contributed by atoms with E-state index in [2.05, 4.69) is 6.92 Å². The number of hydrogen-bond acceptors (Lipinski definition) is 0. The molecule has 0 spiro atoms. The molecule has 0 heteroatoms. The van der Waals surface area contributed by atoms with Crippen LogP contribution in [0.1, 0.15) is 90.4 Å². The lowest BCUT2D eigenvalue weighted by Crippen LogP contribution is -2.10. The van der Waals surface area contributed by atoms with Crippen LogP contribution >= 0.6 is 0 Å². The average Bonchev–Trinajstić information content (AvgIpc) is 2.18. The minimum absolute atomic E-state index is 1.13. The Morgan fingerprint density at radius 1 is 0.733 bits per heavy atom. The number of rotatable bonds is 10. The van der Waals surface area contributed by atoms with Crippen LogP contribution in [-0.4, -0.2) is 0 Å². The first-order valence-corrected chi connectivity index (χ1v) is 7.43. The van der Waals surface area contributed by atoms with Gasteiger partial charge in [-0.25, -0.2) is 0 Å². The average molecular weight is 210 g/mol. The highest BCUT2D eigenvalue weighted by Crippen LogP contribution is 2.31. The standard InChI is InChI=1S/C15H30/c1-2-3-4-5-6-7-8-9-10-12-15-13-11-14-15/h15H,2-14H2,1H3. The Bertz CT molecular complexity index is 124. The lowest BCUT2D eigenvalue weighted by Gasteiger charge is -2.24. The number of unbranched alkanes of at least 4 members (excludes halogenated alkanes) is 8. The van der Waals surface area contributed by atoms with Gasteiger partial charge in [0.05, 0.1) is 0 Å². The molecule has 0 bridgehead atoms. The van der Waals surface area contributed by atoms with Crippen molar-refractivity contribution >= 4 is 0 Å². The zero-order valence-corrected chi connectivity index (χ0v) is 10.8. The first-order valence-electron chi connectivity index (χ1n) is 7.43. The summed E-state index contributed by atoms with van der Waals surface area (Å²) in [5.41, 5.74) is 0. The fraction of sp³-hybridized carbons (Fsp3) is 1.00. The van der Waals surface area contributed by atoms with Crippen molar-refractivity contribution in [3.05, 3.63) is 0 Å². The van der Waals surface area contributed by atoms with Crippen molar-refractivity contribution in [2.24, 2.45) is 5.92 Å². The van der Waals surface area contributed by atoms with Gasteiger partial charge in [0.2, 0.25) is 0 Å². The number of hydrogen-bond donors (Lipinski definition) is 0. The predicted octanol–water partition coefficient (Wildman–Crippen LogP) is 5.71. The maximum Gasteiger partial charge on any atom is -0.0414 e. The fourth-order valence-electron chi connectivity index (χ4n) is 2.53. The molecular weight excluding hydrogens is 180 g/mol. The van der Waals surface area contributed by atoms with Crippen LogP contribution in [0.25, 0.3) is 0 Å². The Labute approximate surface area is 96.8 Å². The van der Waals surface area contributed by atoms with E-state index in [9.17, 15) is 0 Å². The van der Waals surface area contributed by atoms with Crippen LogP contribution in [0, 0.1) is 5.92 Å². The second kappa shape index (κ2) is 9.24. The predicted molar refractivity (Wildman–Crippen MR) is 69.2 cm³/mol. The molecule has 15 heavy (non-hydrogen) atoms. The quantitative estimate of drug-likeness (QED) is 0.405. The van der Waals surface area contributed by atoms with E-state index in [1.54, 1.807) is 0 Å². The molecule has 0 nitrogen and oxygen atoms in total. The Morgan fingerprint density at radius 3 is 1.73 bits per heavy atom. The van der Waals surface area contributed by atoms with Crippen LogP contribution in [-0.2, 0) is 0 Å². The van der Waals surface area contributed by atoms with Crippen LogP contribution in [0.15, 0.2) is 0 Å². The molecule has 0 aromatic carbocycles. The molecule has 0 atom stereocenters. The summed E-state index contributed by atoms with van der Waals surface area (Å²) in [6.07, 6.45) is 19.4. The molecule has 1 rings (SSSR count). The summed E-state index contributed by atoms with van der Waals surface area (Å²) in [4.78, 5) is 0. The Hall–Kier alpha value is 0. The van der Waals surface area contributed by atoms with Gasteiger partial charge in [0.25, 0.3) is 0 Å². The third kappa shape index (κ3) is 6.98. The van der Waals surface area contributed by atoms with Gasteiger partial charge in [-0.15, -0.1) is 0 Å². The Morgan fingerprint density at radius 2 is 1.27 bits per heavy atom. The summed E-state index contributed by atoms with van der Waals surface area (Å²) >= 11 is 0. The van der Waals surface area contributed by atoms with Gasteiger partial charge >= 0.3 is 0 Å². The monoisotopic (exact) mass is 210 g/mol. The SMILES string of the molecule is CCCCCCCCCCCC1CCC1. The largest absolute Gasteiger partial charge is 0.0654 e. The summed E-state index contributed by atoms with van der Waals surface area (Å²) in [5.74, 6) is 1.13. The first-order chi connectivity index (χ1) is 7.43. The molecule has 0 N–H and O–H groups in total. The highest BCUT2D eigenvalue weighted by Gasteiger charge is 2.15. The summed E-state index contributed by atoms with van der Waals surface area (Å²) in [5, 5.41) is 0. The summed E-state index contributed by atoms with van der Waals surface area (Å²) in [7, 11) is 0. The molecule has 1 aliphatic rings. The van der Waals surface area contributed by atoms with Gasteiger partial charge < -0.3 is 0 Å². The smallest absolute Gasteiger partial charge is 0.0414 e. The van der Waals surface area contributed by atoms with Crippen LogP contribution < -0.4 is 0 Å². The van der Waals surface area contributed by atoms with Crippen LogP contribution in [0.5, 0.6) is 0 Å². The van der Waals surface area contributed by atoms with E-state index in [0.29, 0.717) is 0 Å². The van der Waals surface area contributed by atoms with Crippen molar-refractivity contribution in [3.8, 4) is 0 Å². The van der Waals surface area contributed by atoms with Crippen molar-refractivity contribution < 1.29 is 0 Å². The molecule has 1 fully saturated rings. The zero-order valence-electron chi connectivity index (χ0n) is 10.8. The molecule has 0 amide bonds. The van der Waals surface area contributed by atoms with Crippen molar-refractivity contribution in [2.45, 2.75) is 90.4 Å². The molecule has 0 radical (unpaired) electrons. The molecule has 0 saturated heterocycles. The second-order valence-corrected chi connectivity index (χ2v) is 5.41. The van der Waals surface area contributed by atoms with Crippen LogP contribution in [0.2, 0.25) is 0 Å². The lowest BCUT2D eigenvalue weighted by atomic mass is 9.81. The van der Waals surface area contributed by atoms with E-state index < -0.39 is 0 Å². The zero-order chi connectivity index (χ0) is 10.8. The van der Waals surface area contributed by atoms with Crippen molar-refractivity contribution in [2.75, 3.05) is 0 Å². The van der Waals surface area contributed by atoms with Crippen molar-refractivity contribution in [1.82, 2.24) is 0 Å². The van der Waals surface area contributed by atoms with E-state index >= 15 is 0 Å². The second-order valence-electron chi connectivity index (χ2n) is 5.41. The molecule has 0 aromatic heterocycles. The van der Waals surface area contributed by atoms with E-state index in [0.717, 1.165) is 5.92 Å². The molecule has 0 aliphatic heterocycles. The molecule has 0 heterocycles. The highest BCUT2D eigenvalue weighted by atomic mass is 14.2. The summed E-state index contributed by atoms with van der Waals surface area (Å²) < 4.78 is 0. The maximum atomic E-state index is 2.29. The summed E-state index contributed by atoms with van der Waals surface area (Å²) in [6.45, 7) is 2.29. The Balaban J connectivity index is 1.66. The van der Waals surface area contributed by atoms with Gasteiger partial charge in [0.15, 0.2) is 0 Å². The Kier molecular flexibility index (Phi) is 8.05. The minimum atomic E-state index is 1.13. The summed E-state index contributed by atoms with van der Waals surface area (Å²) in [6, 6.07) is 0. The van der Waals surface area contributed by atoms with E-state index in [1.165, 1.54) is 83.5 Å². The van der Waals surface area contributed by atoms with Gasteiger partial charge in [-0.3, -0.25) is 0 Å². The fourth-order valence-corrected chi connectivity index (χ4v) is 2.53. The van der Waals surface area contributed by atoms with Gasteiger partial charge in [0, 0.05) is 0 Å². The normalized spacial score (nSPS) is 16.6. The third-order valence-electron chi connectivity index (χ3n) is 3.94. The van der Waals surface area contributed by atoms with Gasteiger partial charge in [-0.2, -0.15) is 0 Å². The maximum absolute atomic E-state index is 2.29. The molecule has 1 saturated carbocycles. The minimum Gasteiger partial charge on any atom is -0.0654 e. The van der Waals surface area contributed by atoms with Gasteiger partial charge in [0.1, 0.15) is 0 Å². The van der Waals surface area contributed by atoms with Crippen molar-refractivity contribution in [3.63, 3.8) is 0 Å². The molecule has 90 valence electrons. The van der Waals surface area contributed by atoms with Crippen molar-refractivity contribution in [1.29, 1.82) is 0 Å².